The molecule has 0 aromatic carbocycles. The SMILES string of the molecule is CC(C)CC(CCO)CNC(=O)N1CCN(c2nccs2)CC1. The van der Waals surface area contributed by atoms with Gasteiger partial charge >= 0.3 is 6.03 Å². The van der Waals surface area contributed by atoms with Crippen LogP contribution in [-0.2, 0) is 0 Å². The molecule has 0 saturated carbocycles. The first-order valence-corrected chi connectivity index (χ1v) is 9.26. The molecule has 1 saturated heterocycles. The fraction of sp³-hybridized carbons (Fsp3) is 0.750. The topological polar surface area (TPSA) is 68.7 Å². The first-order chi connectivity index (χ1) is 11.1. The van der Waals surface area contributed by atoms with E-state index in [0.29, 0.717) is 18.4 Å². The lowest BCUT2D eigenvalue weighted by Gasteiger charge is -2.34. The van der Waals surface area contributed by atoms with Crippen molar-refractivity contribution in [3.63, 3.8) is 0 Å². The first-order valence-electron chi connectivity index (χ1n) is 8.38. The fourth-order valence-electron chi connectivity index (χ4n) is 2.97. The van der Waals surface area contributed by atoms with E-state index in [-0.39, 0.29) is 12.6 Å². The normalized spacial score (nSPS) is 16.7. The molecule has 7 heteroatoms. The molecule has 1 atom stereocenters. The Kier molecular flexibility index (Phi) is 7.11. The molecular formula is C16H28N4O2S. The summed E-state index contributed by atoms with van der Waals surface area (Å²) in [5, 5.41) is 15.2. The summed E-state index contributed by atoms with van der Waals surface area (Å²) >= 11 is 1.64. The Morgan fingerprint density at radius 2 is 2.13 bits per heavy atom. The summed E-state index contributed by atoms with van der Waals surface area (Å²) in [6.45, 7) is 8.26. The predicted molar refractivity (Wildman–Crippen MR) is 93.9 cm³/mol. The predicted octanol–water partition coefficient (Wildman–Crippen LogP) is 2.02. The smallest absolute Gasteiger partial charge is 0.317 e. The molecule has 2 heterocycles. The molecule has 2 amide bonds. The molecule has 1 aliphatic rings. The maximum atomic E-state index is 12.3. The highest BCUT2D eigenvalue weighted by Gasteiger charge is 2.22. The number of hydrogen-bond donors (Lipinski definition) is 2. The highest BCUT2D eigenvalue weighted by Crippen LogP contribution is 2.19. The molecule has 0 aliphatic carbocycles. The third-order valence-electron chi connectivity index (χ3n) is 4.14. The van der Waals surface area contributed by atoms with Crippen molar-refractivity contribution in [2.45, 2.75) is 26.7 Å². The summed E-state index contributed by atoms with van der Waals surface area (Å²) in [7, 11) is 0. The van der Waals surface area contributed by atoms with Crippen LogP contribution in [0.5, 0.6) is 0 Å². The first kappa shape index (κ1) is 18.0. The van der Waals surface area contributed by atoms with Gasteiger partial charge in [0.05, 0.1) is 0 Å². The number of carbonyl (C=O) groups excluding carboxylic acids is 1. The molecule has 0 spiro atoms. The second-order valence-electron chi connectivity index (χ2n) is 6.48. The van der Waals surface area contributed by atoms with Crippen molar-refractivity contribution in [3.05, 3.63) is 11.6 Å². The van der Waals surface area contributed by atoms with Gasteiger partial charge in [0, 0.05) is 50.9 Å². The molecule has 2 rings (SSSR count). The van der Waals surface area contributed by atoms with Gasteiger partial charge in [0.25, 0.3) is 0 Å². The van der Waals surface area contributed by atoms with E-state index in [4.69, 9.17) is 5.11 Å². The van der Waals surface area contributed by atoms with Crippen molar-refractivity contribution < 1.29 is 9.90 Å². The van der Waals surface area contributed by atoms with Gasteiger partial charge in [-0.05, 0) is 24.7 Å². The van der Waals surface area contributed by atoms with Crippen LogP contribution in [0.3, 0.4) is 0 Å². The number of nitrogens with zero attached hydrogens (tertiary/aromatic N) is 3. The largest absolute Gasteiger partial charge is 0.396 e. The fourth-order valence-corrected chi connectivity index (χ4v) is 3.67. The minimum atomic E-state index is 0.00971. The zero-order valence-corrected chi connectivity index (χ0v) is 14.9. The van der Waals surface area contributed by atoms with Crippen molar-refractivity contribution >= 4 is 22.5 Å². The van der Waals surface area contributed by atoms with E-state index in [0.717, 1.165) is 44.2 Å². The molecule has 1 aromatic heterocycles. The van der Waals surface area contributed by atoms with Crippen LogP contribution in [0, 0.1) is 11.8 Å². The van der Waals surface area contributed by atoms with Gasteiger partial charge in [0.1, 0.15) is 0 Å². The van der Waals surface area contributed by atoms with Crippen LogP contribution < -0.4 is 10.2 Å². The van der Waals surface area contributed by atoms with Gasteiger partial charge in [0.2, 0.25) is 0 Å². The van der Waals surface area contributed by atoms with Gasteiger partial charge in [-0.15, -0.1) is 11.3 Å². The van der Waals surface area contributed by atoms with E-state index in [9.17, 15) is 4.79 Å². The number of piperazine rings is 1. The Bertz CT molecular complexity index is 459. The van der Waals surface area contributed by atoms with Crippen molar-refractivity contribution in [2.75, 3.05) is 44.2 Å². The van der Waals surface area contributed by atoms with Crippen molar-refractivity contribution in [1.82, 2.24) is 15.2 Å². The average molecular weight is 340 g/mol. The number of aliphatic hydroxyl groups is 1. The number of urea groups is 1. The minimum absolute atomic E-state index is 0.00971. The van der Waals surface area contributed by atoms with Crippen molar-refractivity contribution in [1.29, 1.82) is 0 Å². The Labute approximate surface area is 142 Å². The molecule has 23 heavy (non-hydrogen) atoms. The lowest BCUT2D eigenvalue weighted by Crippen LogP contribution is -2.52. The molecule has 1 aromatic rings. The van der Waals surface area contributed by atoms with E-state index < -0.39 is 0 Å². The van der Waals surface area contributed by atoms with Crippen LogP contribution in [0.1, 0.15) is 26.7 Å². The minimum Gasteiger partial charge on any atom is -0.396 e. The summed E-state index contributed by atoms with van der Waals surface area (Å²) in [5.41, 5.74) is 0. The number of hydrogen-bond acceptors (Lipinski definition) is 5. The molecule has 1 fully saturated rings. The number of amides is 2. The van der Waals surface area contributed by atoms with E-state index in [2.05, 4.69) is 29.0 Å². The Morgan fingerprint density at radius 3 is 2.70 bits per heavy atom. The Hall–Kier alpha value is -1.34. The zero-order valence-electron chi connectivity index (χ0n) is 14.1. The monoisotopic (exact) mass is 340 g/mol. The van der Waals surface area contributed by atoms with Crippen molar-refractivity contribution in [2.24, 2.45) is 11.8 Å². The summed E-state index contributed by atoms with van der Waals surface area (Å²) < 4.78 is 0. The number of aliphatic hydroxyl groups excluding tert-OH is 1. The lowest BCUT2D eigenvalue weighted by atomic mass is 9.94. The molecule has 6 nitrogen and oxygen atoms in total. The highest BCUT2D eigenvalue weighted by molar-refractivity contribution is 7.13. The van der Waals surface area contributed by atoms with Gasteiger partial charge in [0.15, 0.2) is 5.13 Å². The molecule has 130 valence electrons. The summed E-state index contributed by atoms with van der Waals surface area (Å²) in [6.07, 6.45) is 3.59. The number of rotatable bonds is 7. The maximum Gasteiger partial charge on any atom is 0.317 e. The van der Waals surface area contributed by atoms with Crippen LogP contribution in [0.25, 0.3) is 0 Å². The Balaban J connectivity index is 1.73. The summed E-state index contributed by atoms with van der Waals surface area (Å²) in [5.74, 6) is 0.922. The molecule has 2 N–H and O–H groups in total. The number of thiazole rings is 1. The van der Waals surface area contributed by atoms with Crippen LogP contribution >= 0.6 is 11.3 Å². The highest BCUT2D eigenvalue weighted by atomic mass is 32.1. The van der Waals surface area contributed by atoms with E-state index >= 15 is 0 Å². The molecule has 1 aliphatic heterocycles. The van der Waals surface area contributed by atoms with E-state index in [1.807, 2.05) is 16.5 Å². The number of aromatic nitrogens is 1. The van der Waals surface area contributed by atoms with Crippen LogP contribution in [0.15, 0.2) is 11.6 Å². The second-order valence-corrected chi connectivity index (χ2v) is 7.36. The number of carbonyl (C=O) groups is 1. The van der Waals surface area contributed by atoms with Crippen molar-refractivity contribution in [3.8, 4) is 0 Å². The summed E-state index contributed by atoms with van der Waals surface area (Å²) in [4.78, 5) is 20.7. The lowest BCUT2D eigenvalue weighted by molar-refractivity contribution is 0.188. The molecule has 0 radical (unpaired) electrons. The van der Waals surface area contributed by atoms with Gasteiger partial charge < -0.3 is 20.2 Å². The Morgan fingerprint density at radius 1 is 1.39 bits per heavy atom. The van der Waals surface area contributed by atoms with Crippen LogP contribution in [0.4, 0.5) is 9.93 Å². The number of anilines is 1. The van der Waals surface area contributed by atoms with Gasteiger partial charge in [-0.1, -0.05) is 13.8 Å². The second kappa shape index (κ2) is 9.08. The molecule has 1 unspecified atom stereocenters. The molecular weight excluding hydrogens is 312 g/mol. The van der Waals surface area contributed by atoms with E-state index in [1.54, 1.807) is 11.3 Å². The van der Waals surface area contributed by atoms with Gasteiger partial charge in [-0.3, -0.25) is 0 Å². The summed E-state index contributed by atoms with van der Waals surface area (Å²) in [6, 6.07) is 0.00971. The van der Waals surface area contributed by atoms with Crippen LogP contribution in [0.2, 0.25) is 0 Å². The third-order valence-corrected chi connectivity index (χ3v) is 4.97. The van der Waals surface area contributed by atoms with E-state index in [1.165, 1.54) is 0 Å². The van der Waals surface area contributed by atoms with Gasteiger partial charge in [-0.2, -0.15) is 0 Å². The van der Waals surface area contributed by atoms with Gasteiger partial charge in [-0.25, -0.2) is 9.78 Å². The van der Waals surface area contributed by atoms with Crippen LogP contribution in [-0.4, -0.2) is 60.4 Å². The number of nitrogens with one attached hydrogen (secondary N) is 1. The quantitative estimate of drug-likeness (QED) is 0.797. The molecule has 0 bridgehead atoms. The standard InChI is InChI=1S/C16H28N4O2S/c1-13(2)11-14(3-9-21)12-18-15(22)19-5-7-20(8-6-19)16-17-4-10-23-16/h4,10,13-14,21H,3,5-9,11-12H2,1-2H3,(H,18,22). The average Bonchev–Trinajstić information content (AvgIpc) is 3.06. The third kappa shape index (κ3) is 5.66. The zero-order chi connectivity index (χ0) is 16.7. The maximum absolute atomic E-state index is 12.3.